The largest absolute Gasteiger partial charge is 0.392 e. The minimum absolute atomic E-state index is 0.305. The molecule has 0 bridgehead atoms. The van der Waals surface area contributed by atoms with Crippen molar-refractivity contribution < 1.29 is 17.9 Å². The number of aliphatic hydroxyl groups is 1. The summed E-state index contributed by atoms with van der Waals surface area (Å²) in [6, 6.07) is 3.70. The standard InChI is InChI=1S/C14H20FNO3S/c1-2-11-5-7-16(8-6-11)20(18,19)14-9-12(10-17)3-4-13(14)15/h3-4,9,11,17H,2,5-8,10H2,1H3. The molecule has 0 amide bonds. The van der Waals surface area contributed by atoms with Gasteiger partial charge in [0.15, 0.2) is 0 Å². The Morgan fingerprint density at radius 3 is 2.55 bits per heavy atom. The summed E-state index contributed by atoms with van der Waals surface area (Å²) in [6.45, 7) is 2.66. The summed E-state index contributed by atoms with van der Waals surface area (Å²) in [6.07, 6.45) is 2.68. The van der Waals surface area contributed by atoms with Crippen LogP contribution in [0.4, 0.5) is 4.39 Å². The third kappa shape index (κ3) is 3.02. The van der Waals surface area contributed by atoms with Crippen molar-refractivity contribution in [3.05, 3.63) is 29.6 Å². The molecular formula is C14H20FNO3S. The van der Waals surface area contributed by atoms with Gasteiger partial charge in [0.25, 0.3) is 0 Å². The van der Waals surface area contributed by atoms with Crippen molar-refractivity contribution in [3.63, 3.8) is 0 Å². The van der Waals surface area contributed by atoms with Crippen LogP contribution in [-0.2, 0) is 16.6 Å². The van der Waals surface area contributed by atoms with Gasteiger partial charge in [0.05, 0.1) is 6.61 Å². The van der Waals surface area contributed by atoms with E-state index in [-0.39, 0.29) is 11.5 Å². The summed E-state index contributed by atoms with van der Waals surface area (Å²) < 4.78 is 40.1. The van der Waals surface area contributed by atoms with E-state index in [0.717, 1.165) is 25.3 Å². The van der Waals surface area contributed by atoms with Crippen molar-refractivity contribution in [2.75, 3.05) is 13.1 Å². The van der Waals surface area contributed by atoms with Crippen LogP contribution in [0.2, 0.25) is 0 Å². The maximum Gasteiger partial charge on any atom is 0.245 e. The fourth-order valence-corrected chi connectivity index (χ4v) is 4.13. The number of nitrogens with zero attached hydrogens (tertiary/aromatic N) is 1. The second-order valence-corrected chi connectivity index (χ2v) is 7.08. The van der Waals surface area contributed by atoms with E-state index in [1.54, 1.807) is 0 Å². The molecule has 0 aliphatic carbocycles. The first-order valence-corrected chi connectivity index (χ1v) is 8.32. The van der Waals surface area contributed by atoms with E-state index in [4.69, 9.17) is 5.11 Å². The second-order valence-electron chi connectivity index (χ2n) is 5.18. The topological polar surface area (TPSA) is 57.6 Å². The van der Waals surface area contributed by atoms with Gasteiger partial charge in [-0.3, -0.25) is 0 Å². The Morgan fingerprint density at radius 2 is 2.00 bits per heavy atom. The molecule has 1 heterocycles. The molecule has 6 heteroatoms. The Balaban J connectivity index is 2.27. The maximum absolute atomic E-state index is 13.8. The van der Waals surface area contributed by atoms with Crippen LogP contribution >= 0.6 is 0 Å². The molecule has 4 nitrogen and oxygen atoms in total. The van der Waals surface area contributed by atoms with E-state index >= 15 is 0 Å². The second kappa shape index (κ2) is 6.20. The van der Waals surface area contributed by atoms with Crippen LogP contribution in [0.3, 0.4) is 0 Å². The lowest BCUT2D eigenvalue weighted by atomic mass is 9.96. The number of piperidine rings is 1. The number of halogens is 1. The molecule has 1 N–H and O–H groups in total. The van der Waals surface area contributed by atoms with Gasteiger partial charge in [0, 0.05) is 13.1 Å². The van der Waals surface area contributed by atoms with Crippen LogP contribution in [0.5, 0.6) is 0 Å². The number of rotatable bonds is 4. The van der Waals surface area contributed by atoms with E-state index < -0.39 is 15.8 Å². The fourth-order valence-electron chi connectivity index (χ4n) is 2.54. The van der Waals surface area contributed by atoms with Crippen molar-refractivity contribution in [1.29, 1.82) is 0 Å². The Kier molecular flexibility index (Phi) is 4.78. The third-order valence-electron chi connectivity index (χ3n) is 3.95. The van der Waals surface area contributed by atoms with Gasteiger partial charge in [-0.05, 0) is 36.5 Å². The van der Waals surface area contributed by atoms with E-state index in [9.17, 15) is 12.8 Å². The summed E-state index contributed by atoms with van der Waals surface area (Å²) in [5, 5.41) is 9.06. The van der Waals surface area contributed by atoms with Crippen LogP contribution in [0.25, 0.3) is 0 Å². The Labute approximate surface area is 119 Å². The zero-order valence-electron chi connectivity index (χ0n) is 11.5. The average Bonchev–Trinajstić information content (AvgIpc) is 2.47. The Morgan fingerprint density at radius 1 is 1.35 bits per heavy atom. The molecule has 0 saturated carbocycles. The van der Waals surface area contributed by atoms with Crippen molar-refractivity contribution in [1.82, 2.24) is 4.31 Å². The zero-order chi connectivity index (χ0) is 14.8. The molecule has 20 heavy (non-hydrogen) atoms. The summed E-state index contributed by atoms with van der Waals surface area (Å²) in [5.41, 5.74) is 0.397. The molecule has 1 aliphatic rings. The van der Waals surface area contributed by atoms with Crippen molar-refractivity contribution in [2.24, 2.45) is 5.92 Å². The Hall–Kier alpha value is -0.980. The van der Waals surface area contributed by atoms with Gasteiger partial charge in [-0.25, -0.2) is 12.8 Å². The van der Waals surface area contributed by atoms with Crippen LogP contribution in [0, 0.1) is 11.7 Å². The highest BCUT2D eigenvalue weighted by atomic mass is 32.2. The Bertz CT molecular complexity index is 566. The smallest absolute Gasteiger partial charge is 0.245 e. The molecule has 1 aliphatic heterocycles. The van der Waals surface area contributed by atoms with Crippen molar-refractivity contribution in [3.8, 4) is 0 Å². The van der Waals surface area contributed by atoms with E-state index in [2.05, 4.69) is 6.92 Å². The minimum Gasteiger partial charge on any atom is -0.392 e. The lowest BCUT2D eigenvalue weighted by molar-refractivity contribution is 0.268. The molecule has 112 valence electrons. The lowest BCUT2D eigenvalue weighted by Crippen LogP contribution is -2.38. The fraction of sp³-hybridized carbons (Fsp3) is 0.571. The molecule has 0 atom stereocenters. The average molecular weight is 301 g/mol. The quantitative estimate of drug-likeness (QED) is 0.927. The summed E-state index contributed by atoms with van der Waals surface area (Å²) in [7, 11) is -3.81. The van der Waals surface area contributed by atoms with Crippen molar-refractivity contribution in [2.45, 2.75) is 37.7 Å². The highest BCUT2D eigenvalue weighted by Crippen LogP contribution is 2.27. The van der Waals surface area contributed by atoms with Crippen molar-refractivity contribution >= 4 is 10.0 Å². The minimum atomic E-state index is -3.81. The normalized spacial score (nSPS) is 18.4. The molecule has 0 aromatic heterocycles. The summed E-state index contributed by atoms with van der Waals surface area (Å²) >= 11 is 0. The molecule has 1 aromatic carbocycles. The molecule has 1 aromatic rings. The number of sulfonamides is 1. The number of aliphatic hydroxyl groups excluding tert-OH is 1. The van der Waals surface area contributed by atoms with Crippen LogP contribution in [0.15, 0.2) is 23.1 Å². The van der Waals surface area contributed by atoms with Gasteiger partial charge in [-0.2, -0.15) is 4.31 Å². The first-order chi connectivity index (χ1) is 9.48. The van der Waals surface area contributed by atoms with Gasteiger partial charge in [-0.15, -0.1) is 0 Å². The predicted octanol–water partition coefficient (Wildman–Crippen LogP) is 2.13. The van der Waals surface area contributed by atoms with E-state index in [1.165, 1.54) is 16.4 Å². The molecule has 0 spiro atoms. The summed E-state index contributed by atoms with van der Waals surface area (Å²) in [5.74, 6) is -0.213. The molecular weight excluding hydrogens is 281 g/mol. The first kappa shape index (κ1) is 15.4. The molecule has 0 unspecified atom stereocenters. The third-order valence-corrected chi connectivity index (χ3v) is 5.86. The number of benzene rings is 1. The monoisotopic (exact) mass is 301 g/mol. The summed E-state index contributed by atoms with van der Waals surface area (Å²) in [4.78, 5) is -0.334. The molecule has 1 saturated heterocycles. The maximum atomic E-state index is 13.8. The molecule has 0 radical (unpaired) electrons. The van der Waals surface area contributed by atoms with Crippen LogP contribution in [0.1, 0.15) is 31.7 Å². The molecule has 2 rings (SSSR count). The van der Waals surface area contributed by atoms with E-state index in [1.807, 2.05) is 0 Å². The predicted molar refractivity (Wildman–Crippen MR) is 74.1 cm³/mol. The SMILES string of the molecule is CCC1CCN(S(=O)(=O)c2cc(CO)ccc2F)CC1. The highest BCUT2D eigenvalue weighted by Gasteiger charge is 2.30. The zero-order valence-corrected chi connectivity index (χ0v) is 12.4. The van der Waals surface area contributed by atoms with Gasteiger partial charge in [0.2, 0.25) is 10.0 Å². The number of hydrogen-bond acceptors (Lipinski definition) is 3. The van der Waals surface area contributed by atoms with Gasteiger partial charge in [0.1, 0.15) is 10.7 Å². The van der Waals surface area contributed by atoms with Crippen LogP contribution in [-0.4, -0.2) is 30.9 Å². The number of hydrogen-bond donors (Lipinski definition) is 1. The highest BCUT2D eigenvalue weighted by molar-refractivity contribution is 7.89. The first-order valence-electron chi connectivity index (χ1n) is 6.88. The van der Waals surface area contributed by atoms with Crippen LogP contribution < -0.4 is 0 Å². The molecule has 1 fully saturated rings. The van der Waals surface area contributed by atoms with Gasteiger partial charge < -0.3 is 5.11 Å². The van der Waals surface area contributed by atoms with Gasteiger partial charge >= 0.3 is 0 Å². The van der Waals surface area contributed by atoms with E-state index in [0.29, 0.717) is 24.6 Å². The van der Waals surface area contributed by atoms with Gasteiger partial charge in [-0.1, -0.05) is 19.4 Å². The lowest BCUT2D eigenvalue weighted by Gasteiger charge is -2.30.